The van der Waals surface area contributed by atoms with E-state index in [1.807, 2.05) is 0 Å². The molecule has 6 nitrogen and oxygen atoms in total. The lowest BCUT2D eigenvalue weighted by molar-refractivity contribution is -0.124. The zero-order valence-corrected chi connectivity index (χ0v) is 16.9. The van der Waals surface area contributed by atoms with Crippen LogP contribution in [-0.2, 0) is 21.2 Å². The summed E-state index contributed by atoms with van der Waals surface area (Å²) in [6.07, 6.45) is -0.0757. The second-order valence-electron chi connectivity index (χ2n) is 6.53. The molecule has 0 fully saturated rings. The van der Waals surface area contributed by atoms with Gasteiger partial charge in [-0.05, 0) is 61.4 Å². The molecule has 8 heteroatoms. The third-order valence-electron chi connectivity index (χ3n) is 4.47. The molecule has 0 bridgehead atoms. The first-order valence-electron chi connectivity index (χ1n) is 8.49. The Bertz CT molecular complexity index is 958. The van der Waals surface area contributed by atoms with Crippen molar-refractivity contribution in [2.45, 2.75) is 24.3 Å². The van der Waals surface area contributed by atoms with Gasteiger partial charge in [-0.25, -0.2) is 12.7 Å². The smallest absolute Gasteiger partial charge is 0.267 e. The van der Waals surface area contributed by atoms with E-state index in [0.717, 1.165) is 11.3 Å². The Morgan fingerprint density at radius 2 is 1.85 bits per heavy atom. The zero-order valence-electron chi connectivity index (χ0n) is 15.3. The fraction of sp³-hybridized carbons (Fsp3) is 0.316. The first-order chi connectivity index (χ1) is 12.7. The Hall–Kier alpha value is -2.09. The number of hydrogen-bond donors (Lipinski definition) is 0. The SMILES string of the molecule is C[C@@H](Oc1ccc(Cl)cc1)C(=O)N1CCc2cc(S(=O)(=O)N(C)C)ccc21. The van der Waals surface area contributed by atoms with E-state index < -0.39 is 16.1 Å². The number of carbonyl (C=O) groups excluding carboxylic acids is 1. The summed E-state index contributed by atoms with van der Waals surface area (Å²) in [5, 5.41) is 0.596. The summed E-state index contributed by atoms with van der Waals surface area (Å²) in [7, 11) is -0.514. The van der Waals surface area contributed by atoms with E-state index in [4.69, 9.17) is 16.3 Å². The van der Waals surface area contributed by atoms with E-state index in [9.17, 15) is 13.2 Å². The van der Waals surface area contributed by atoms with Crippen molar-refractivity contribution >= 4 is 33.2 Å². The zero-order chi connectivity index (χ0) is 19.8. The molecule has 0 aromatic heterocycles. The lowest BCUT2D eigenvalue weighted by Crippen LogP contribution is -2.39. The molecule has 0 spiro atoms. The molecule has 0 radical (unpaired) electrons. The highest BCUT2D eigenvalue weighted by Crippen LogP contribution is 2.31. The van der Waals surface area contributed by atoms with Crippen LogP contribution in [0.25, 0.3) is 0 Å². The van der Waals surface area contributed by atoms with Crippen LogP contribution >= 0.6 is 11.6 Å². The van der Waals surface area contributed by atoms with Gasteiger partial charge in [0, 0.05) is 31.4 Å². The van der Waals surface area contributed by atoms with Crippen molar-refractivity contribution in [3.63, 3.8) is 0 Å². The Balaban J connectivity index is 1.78. The molecule has 144 valence electrons. The summed E-state index contributed by atoms with van der Waals surface area (Å²) in [5.74, 6) is 0.388. The molecular weight excluding hydrogens is 388 g/mol. The topological polar surface area (TPSA) is 66.9 Å². The third-order valence-corrected chi connectivity index (χ3v) is 6.53. The van der Waals surface area contributed by atoms with Crippen molar-refractivity contribution < 1.29 is 17.9 Å². The number of benzene rings is 2. The van der Waals surface area contributed by atoms with Gasteiger partial charge in [-0.2, -0.15) is 0 Å². The van der Waals surface area contributed by atoms with Gasteiger partial charge in [0.05, 0.1) is 4.90 Å². The molecule has 1 aliphatic heterocycles. The van der Waals surface area contributed by atoms with E-state index in [1.165, 1.54) is 24.5 Å². The van der Waals surface area contributed by atoms with Gasteiger partial charge in [-0.15, -0.1) is 0 Å². The number of hydrogen-bond acceptors (Lipinski definition) is 4. The van der Waals surface area contributed by atoms with Crippen LogP contribution in [0.3, 0.4) is 0 Å². The summed E-state index contributed by atoms with van der Waals surface area (Å²) in [4.78, 5) is 14.7. The van der Waals surface area contributed by atoms with Gasteiger partial charge < -0.3 is 9.64 Å². The summed E-state index contributed by atoms with van der Waals surface area (Å²) >= 11 is 5.86. The van der Waals surface area contributed by atoms with Gasteiger partial charge in [0.15, 0.2) is 6.10 Å². The van der Waals surface area contributed by atoms with Crippen LogP contribution in [0.1, 0.15) is 12.5 Å². The lowest BCUT2D eigenvalue weighted by Gasteiger charge is -2.22. The van der Waals surface area contributed by atoms with Gasteiger partial charge >= 0.3 is 0 Å². The number of halogens is 1. The number of anilines is 1. The van der Waals surface area contributed by atoms with Crippen molar-refractivity contribution in [3.8, 4) is 5.75 Å². The molecule has 1 amide bonds. The highest BCUT2D eigenvalue weighted by Gasteiger charge is 2.30. The molecule has 2 aromatic rings. The molecule has 0 aliphatic carbocycles. The predicted octanol–water partition coefficient (Wildman–Crippen LogP) is 2.95. The second kappa shape index (κ2) is 7.50. The minimum atomic E-state index is -3.50. The first kappa shape index (κ1) is 19.7. The molecule has 3 rings (SSSR count). The fourth-order valence-corrected chi connectivity index (χ4v) is 4.04. The quantitative estimate of drug-likeness (QED) is 0.762. The van der Waals surface area contributed by atoms with Crippen LogP contribution in [0, 0.1) is 0 Å². The number of fused-ring (bicyclic) bond motifs is 1. The van der Waals surface area contributed by atoms with Crippen molar-refractivity contribution in [1.82, 2.24) is 4.31 Å². The molecule has 2 aromatic carbocycles. The summed E-state index contributed by atoms with van der Waals surface area (Å²) in [6, 6.07) is 11.7. The van der Waals surface area contributed by atoms with Crippen LogP contribution in [0.4, 0.5) is 5.69 Å². The molecule has 0 saturated heterocycles. The molecule has 0 saturated carbocycles. The van der Waals surface area contributed by atoms with E-state index in [-0.39, 0.29) is 10.8 Å². The van der Waals surface area contributed by atoms with Crippen molar-refractivity contribution in [2.75, 3.05) is 25.5 Å². The van der Waals surface area contributed by atoms with E-state index in [0.29, 0.717) is 23.7 Å². The first-order valence-corrected chi connectivity index (χ1v) is 10.3. The Morgan fingerprint density at radius 1 is 1.19 bits per heavy atom. The van der Waals surface area contributed by atoms with Gasteiger partial charge in [0.2, 0.25) is 10.0 Å². The van der Waals surface area contributed by atoms with Crippen molar-refractivity contribution in [1.29, 1.82) is 0 Å². The monoisotopic (exact) mass is 408 g/mol. The number of sulfonamides is 1. The van der Waals surface area contributed by atoms with Crippen LogP contribution in [0.15, 0.2) is 47.4 Å². The summed E-state index contributed by atoms with van der Waals surface area (Å²) < 4.78 is 31.5. The van der Waals surface area contributed by atoms with E-state index in [1.54, 1.807) is 48.2 Å². The Morgan fingerprint density at radius 3 is 2.48 bits per heavy atom. The maximum atomic E-state index is 12.8. The van der Waals surface area contributed by atoms with Crippen LogP contribution < -0.4 is 9.64 Å². The molecule has 0 N–H and O–H groups in total. The predicted molar refractivity (Wildman–Crippen MR) is 105 cm³/mol. The van der Waals surface area contributed by atoms with Gasteiger partial charge in [-0.3, -0.25) is 4.79 Å². The van der Waals surface area contributed by atoms with E-state index in [2.05, 4.69) is 0 Å². The van der Waals surface area contributed by atoms with Crippen LogP contribution in [-0.4, -0.2) is 45.4 Å². The number of amides is 1. The minimum absolute atomic E-state index is 0.174. The molecular formula is C19H21ClN2O4S. The maximum Gasteiger partial charge on any atom is 0.267 e. The minimum Gasteiger partial charge on any atom is -0.481 e. The van der Waals surface area contributed by atoms with Crippen molar-refractivity contribution in [2.24, 2.45) is 0 Å². The Kier molecular flexibility index (Phi) is 5.46. The normalized spacial score (nSPS) is 14.9. The second-order valence-corrected chi connectivity index (χ2v) is 9.12. The Labute approximate surface area is 164 Å². The molecule has 27 heavy (non-hydrogen) atoms. The van der Waals surface area contributed by atoms with Crippen LogP contribution in [0.2, 0.25) is 5.02 Å². The number of carbonyl (C=O) groups is 1. The van der Waals surface area contributed by atoms with Gasteiger partial charge in [0.1, 0.15) is 5.75 Å². The number of nitrogens with zero attached hydrogens (tertiary/aromatic N) is 2. The fourth-order valence-electron chi connectivity index (χ4n) is 2.97. The standard InChI is InChI=1S/C19H21ClN2O4S/c1-13(26-16-6-4-15(20)5-7-16)19(23)22-11-10-14-12-17(8-9-18(14)22)27(24,25)21(2)3/h4-9,12-13H,10-11H2,1-3H3/t13-/m1/s1. The average molecular weight is 409 g/mol. The van der Waals surface area contributed by atoms with E-state index >= 15 is 0 Å². The average Bonchev–Trinajstić information content (AvgIpc) is 3.06. The molecule has 1 atom stereocenters. The summed E-state index contributed by atoms with van der Waals surface area (Å²) in [6.45, 7) is 2.19. The van der Waals surface area contributed by atoms with Crippen LogP contribution in [0.5, 0.6) is 5.75 Å². The lowest BCUT2D eigenvalue weighted by atomic mass is 10.2. The highest BCUT2D eigenvalue weighted by atomic mass is 35.5. The molecule has 1 aliphatic rings. The number of rotatable bonds is 5. The van der Waals surface area contributed by atoms with Crippen molar-refractivity contribution in [3.05, 3.63) is 53.1 Å². The maximum absolute atomic E-state index is 12.8. The van der Waals surface area contributed by atoms with Gasteiger partial charge in [0.25, 0.3) is 5.91 Å². The highest BCUT2D eigenvalue weighted by molar-refractivity contribution is 7.89. The third kappa shape index (κ3) is 3.95. The summed E-state index contributed by atoms with van der Waals surface area (Å²) in [5.41, 5.74) is 1.56. The largest absolute Gasteiger partial charge is 0.481 e. The molecule has 1 heterocycles. The van der Waals surface area contributed by atoms with Gasteiger partial charge in [-0.1, -0.05) is 11.6 Å². The molecule has 0 unspecified atom stereocenters. The number of ether oxygens (including phenoxy) is 1.